The van der Waals surface area contributed by atoms with E-state index in [1.807, 2.05) is 31.2 Å². The van der Waals surface area contributed by atoms with Crippen molar-refractivity contribution < 1.29 is 9.47 Å². The van der Waals surface area contributed by atoms with Crippen LogP contribution in [0.2, 0.25) is 0 Å². The molecule has 2 unspecified atom stereocenters. The Morgan fingerprint density at radius 2 is 1.71 bits per heavy atom. The molecule has 0 heterocycles. The van der Waals surface area contributed by atoms with Crippen molar-refractivity contribution in [2.24, 2.45) is 5.92 Å². The lowest BCUT2D eigenvalue weighted by atomic mass is 10.1. The summed E-state index contributed by atoms with van der Waals surface area (Å²) < 4.78 is 11.3. The molecule has 0 radical (unpaired) electrons. The molecule has 1 rings (SSSR count). The summed E-state index contributed by atoms with van der Waals surface area (Å²) in [6.45, 7) is 7.75. The number of rotatable bonds is 7. The molecule has 1 aromatic rings. The first-order chi connectivity index (χ1) is 8.15. The minimum atomic E-state index is 0.522. The lowest BCUT2D eigenvalue weighted by molar-refractivity contribution is 0.258. The smallest absolute Gasteiger partial charge is 0.161 e. The summed E-state index contributed by atoms with van der Waals surface area (Å²) >= 11 is 3.59. The van der Waals surface area contributed by atoms with Gasteiger partial charge in [0.05, 0.1) is 13.2 Å². The molecule has 2 nitrogen and oxygen atoms in total. The quantitative estimate of drug-likeness (QED) is 0.700. The van der Waals surface area contributed by atoms with Crippen LogP contribution < -0.4 is 9.47 Å². The van der Waals surface area contributed by atoms with Crippen molar-refractivity contribution in [1.29, 1.82) is 0 Å². The van der Waals surface area contributed by atoms with E-state index in [1.54, 1.807) is 0 Å². The van der Waals surface area contributed by atoms with Crippen LogP contribution in [0.3, 0.4) is 0 Å². The van der Waals surface area contributed by atoms with Crippen molar-refractivity contribution >= 4 is 15.9 Å². The van der Waals surface area contributed by atoms with E-state index in [1.165, 1.54) is 0 Å². The number of alkyl halides is 1. The fourth-order valence-corrected chi connectivity index (χ4v) is 1.69. The molecule has 0 N–H and O–H groups in total. The van der Waals surface area contributed by atoms with E-state index in [2.05, 4.69) is 29.8 Å². The summed E-state index contributed by atoms with van der Waals surface area (Å²) in [6, 6.07) is 7.82. The lowest BCUT2D eigenvalue weighted by Crippen LogP contribution is -2.11. The van der Waals surface area contributed by atoms with Gasteiger partial charge in [0.25, 0.3) is 0 Å². The fourth-order valence-electron chi connectivity index (χ4n) is 1.43. The van der Waals surface area contributed by atoms with Crippen molar-refractivity contribution in [3.8, 4) is 11.5 Å². The van der Waals surface area contributed by atoms with Crippen LogP contribution in [0.25, 0.3) is 0 Å². The van der Waals surface area contributed by atoms with Gasteiger partial charge in [-0.25, -0.2) is 0 Å². The highest BCUT2D eigenvalue weighted by Gasteiger charge is 2.09. The topological polar surface area (TPSA) is 18.5 Å². The molecule has 0 aromatic heterocycles. The van der Waals surface area contributed by atoms with Crippen molar-refractivity contribution in [2.75, 3.05) is 13.2 Å². The SMILES string of the molecule is CCOc1ccccc1OCCC(C)C(C)Br. The van der Waals surface area contributed by atoms with Crippen molar-refractivity contribution in [3.05, 3.63) is 24.3 Å². The molecule has 2 atom stereocenters. The average molecular weight is 301 g/mol. The summed E-state index contributed by atoms with van der Waals surface area (Å²) in [5.74, 6) is 2.27. The third kappa shape index (κ3) is 4.99. The Kier molecular flexibility index (Phi) is 6.41. The molecule has 0 amide bonds. The van der Waals surface area contributed by atoms with Gasteiger partial charge in [-0.3, -0.25) is 0 Å². The molecule has 3 heteroatoms. The second-order valence-electron chi connectivity index (χ2n) is 4.17. The number of hydrogen-bond donors (Lipinski definition) is 0. The minimum absolute atomic E-state index is 0.522. The van der Waals surface area contributed by atoms with Crippen molar-refractivity contribution in [3.63, 3.8) is 0 Å². The van der Waals surface area contributed by atoms with Crippen molar-refractivity contribution in [1.82, 2.24) is 0 Å². The van der Waals surface area contributed by atoms with E-state index in [9.17, 15) is 0 Å². The number of hydrogen-bond acceptors (Lipinski definition) is 2. The largest absolute Gasteiger partial charge is 0.490 e. The maximum Gasteiger partial charge on any atom is 0.161 e. The highest BCUT2D eigenvalue weighted by molar-refractivity contribution is 9.09. The predicted molar refractivity (Wildman–Crippen MR) is 75.3 cm³/mol. The second kappa shape index (κ2) is 7.59. The minimum Gasteiger partial charge on any atom is -0.490 e. The number of para-hydroxylation sites is 2. The van der Waals surface area contributed by atoms with Gasteiger partial charge in [0.15, 0.2) is 11.5 Å². The van der Waals surface area contributed by atoms with Crippen LogP contribution in [0.15, 0.2) is 24.3 Å². The maximum absolute atomic E-state index is 5.76. The summed E-state index contributed by atoms with van der Waals surface area (Å²) in [6.07, 6.45) is 1.03. The zero-order valence-corrected chi connectivity index (χ0v) is 12.4. The van der Waals surface area contributed by atoms with Gasteiger partial charge in [-0.15, -0.1) is 0 Å². The van der Waals surface area contributed by atoms with Crippen LogP contribution in [0.4, 0.5) is 0 Å². The number of ether oxygens (including phenoxy) is 2. The van der Waals surface area contributed by atoms with Crippen LogP contribution in [0.5, 0.6) is 11.5 Å². The van der Waals surface area contributed by atoms with Crippen LogP contribution in [0.1, 0.15) is 27.2 Å². The monoisotopic (exact) mass is 300 g/mol. The molecular weight excluding hydrogens is 280 g/mol. The molecule has 0 fully saturated rings. The zero-order chi connectivity index (χ0) is 12.7. The van der Waals surface area contributed by atoms with E-state index in [0.29, 0.717) is 17.4 Å². The lowest BCUT2D eigenvalue weighted by Gasteiger charge is -2.15. The molecular formula is C14H21BrO2. The normalized spacial score (nSPS) is 14.1. The molecule has 17 heavy (non-hydrogen) atoms. The molecule has 0 saturated carbocycles. The number of benzene rings is 1. The first-order valence-electron chi connectivity index (χ1n) is 6.13. The standard InChI is InChI=1S/C14H21BrO2/c1-4-16-13-7-5-6-8-14(13)17-10-9-11(2)12(3)15/h5-8,11-12H,4,9-10H2,1-3H3. The van der Waals surface area contributed by atoms with E-state index < -0.39 is 0 Å². The molecule has 96 valence electrons. The van der Waals surface area contributed by atoms with Gasteiger partial charge in [0.2, 0.25) is 0 Å². The van der Waals surface area contributed by atoms with Crippen LogP contribution in [-0.4, -0.2) is 18.0 Å². The van der Waals surface area contributed by atoms with Gasteiger partial charge < -0.3 is 9.47 Å². The van der Waals surface area contributed by atoms with Crippen LogP contribution in [-0.2, 0) is 0 Å². The van der Waals surface area contributed by atoms with Gasteiger partial charge in [-0.05, 0) is 31.4 Å². The molecule has 0 spiro atoms. The van der Waals surface area contributed by atoms with E-state index in [-0.39, 0.29) is 0 Å². The Morgan fingerprint density at radius 3 is 2.24 bits per heavy atom. The van der Waals surface area contributed by atoms with Gasteiger partial charge in [0, 0.05) is 4.83 Å². The second-order valence-corrected chi connectivity index (χ2v) is 5.62. The van der Waals surface area contributed by atoms with Gasteiger partial charge in [-0.2, -0.15) is 0 Å². The summed E-state index contributed by atoms with van der Waals surface area (Å²) in [5, 5.41) is 0. The van der Waals surface area contributed by atoms with E-state index in [4.69, 9.17) is 9.47 Å². The Hall–Kier alpha value is -0.700. The third-order valence-electron chi connectivity index (χ3n) is 2.76. The van der Waals surface area contributed by atoms with Gasteiger partial charge in [0.1, 0.15) is 0 Å². The molecule has 0 bridgehead atoms. The average Bonchev–Trinajstić information content (AvgIpc) is 2.31. The predicted octanol–water partition coefficient (Wildman–Crippen LogP) is 4.27. The van der Waals surface area contributed by atoms with E-state index in [0.717, 1.165) is 24.5 Å². The molecule has 0 aliphatic rings. The Morgan fingerprint density at radius 1 is 1.12 bits per heavy atom. The highest BCUT2D eigenvalue weighted by atomic mass is 79.9. The maximum atomic E-state index is 5.76. The van der Waals surface area contributed by atoms with Crippen LogP contribution in [0, 0.1) is 5.92 Å². The summed E-state index contributed by atoms with van der Waals surface area (Å²) in [7, 11) is 0. The Bertz CT molecular complexity index is 326. The van der Waals surface area contributed by atoms with Gasteiger partial charge >= 0.3 is 0 Å². The van der Waals surface area contributed by atoms with E-state index >= 15 is 0 Å². The summed E-state index contributed by atoms with van der Waals surface area (Å²) in [5.41, 5.74) is 0. The molecule has 1 aromatic carbocycles. The fraction of sp³-hybridized carbons (Fsp3) is 0.571. The molecule has 0 saturated heterocycles. The third-order valence-corrected chi connectivity index (χ3v) is 3.67. The molecule has 0 aliphatic carbocycles. The Labute approximate surface area is 112 Å². The Balaban J connectivity index is 2.45. The number of halogens is 1. The molecule has 0 aliphatic heterocycles. The zero-order valence-electron chi connectivity index (χ0n) is 10.8. The van der Waals surface area contributed by atoms with Crippen molar-refractivity contribution in [2.45, 2.75) is 32.0 Å². The van der Waals surface area contributed by atoms with Gasteiger partial charge in [-0.1, -0.05) is 41.9 Å². The van der Waals surface area contributed by atoms with Crippen LogP contribution >= 0.6 is 15.9 Å². The highest BCUT2D eigenvalue weighted by Crippen LogP contribution is 2.27. The first kappa shape index (κ1) is 14.4. The summed E-state index contributed by atoms with van der Waals surface area (Å²) in [4.78, 5) is 0.522. The first-order valence-corrected chi connectivity index (χ1v) is 7.05.